The fraction of sp³-hybridized carbons (Fsp3) is 0.364. The molecule has 2 nitrogen and oxygen atoms in total. The molecule has 1 aromatic rings. The topological polar surface area (TPSA) is 35.9 Å². The molecule has 2 unspecified atom stereocenters. The number of benzene rings is 1. The zero-order valence-electron chi connectivity index (χ0n) is 8.13. The lowest BCUT2D eigenvalue weighted by Crippen LogP contribution is -2.11. The lowest BCUT2D eigenvalue weighted by molar-refractivity contribution is 0.615. The highest BCUT2D eigenvalue weighted by Crippen LogP contribution is 2.28. The minimum Gasteiger partial charge on any atom is -0.315 e. The number of halogens is 2. The monoisotopic (exact) mass is 226 g/mol. The number of hydrogen-bond donors (Lipinski definition) is 2. The Morgan fingerprint density at radius 2 is 2.27 bits per heavy atom. The second kappa shape index (κ2) is 4.29. The Balaban J connectivity index is 2.28. The highest BCUT2D eigenvalue weighted by atomic mass is 35.5. The van der Waals surface area contributed by atoms with Gasteiger partial charge in [-0.15, -0.1) is 0 Å². The van der Waals surface area contributed by atoms with Gasteiger partial charge in [-0.3, -0.25) is 0 Å². The van der Waals surface area contributed by atoms with Crippen LogP contribution in [0, 0.1) is 17.1 Å². The van der Waals surface area contributed by atoms with Crippen molar-refractivity contribution in [3.8, 4) is 0 Å². The van der Waals surface area contributed by atoms with E-state index in [0.717, 1.165) is 18.7 Å². The minimum absolute atomic E-state index is 0.149. The fourth-order valence-electron chi connectivity index (χ4n) is 1.98. The predicted molar refractivity (Wildman–Crippen MR) is 59.3 cm³/mol. The van der Waals surface area contributed by atoms with Gasteiger partial charge in [0.1, 0.15) is 5.82 Å². The van der Waals surface area contributed by atoms with E-state index in [9.17, 15) is 4.39 Å². The third-order valence-electron chi connectivity index (χ3n) is 2.85. The van der Waals surface area contributed by atoms with Crippen LogP contribution in [0.2, 0.25) is 5.02 Å². The lowest BCUT2D eigenvalue weighted by Gasteiger charge is -2.14. The molecule has 1 aromatic carbocycles. The van der Waals surface area contributed by atoms with E-state index < -0.39 is 0 Å². The molecule has 1 aliphatic rings. The van der Waals surface area contributed by atoms with Crippen molar-refractivity contribution in [3.63, 3.8) is 0 Å². The van der Waals surface area contributed by atoms with Gasteiger partial charge in [-0.25, -0.2) is 4.39 Å². The van der Waals surface area contributed by atoms with Gasteiger partial charge < -0.3 is 10.7 Å². The van der Waals surface area contributed by atoms with Crippen molar-refractivity contribution in [1.82, 2.24) is 5.32 Å². The molecular formula is C11H12ClFN2. The van der Waals surface area contributed by atoms with Gasteiger partial charge in [0.15, 0.2) is 0 Å². The molecule has 0 amide bonds. The Kier molecular flexibility index (Phi) is 3.03. The molecule has 2 atom stereocenters. The van der Waals surface area contributed by atoms with Crippen molar-refractivity contribution in [2.45, 2.75) is 5.92 Å². The van der Waals surface area contributed by atoms with E-state index in [-0.39, 0.29) is 22.7 Å². The van der Waals surface area contributed by atoms with Crippen molar-refractivity contribution in [3.05, 3.63) is 34.6 Å². The first kappa shape index (κ1) is 10.6. The van der Waals surface area contributed by atoms with Crippen molar-refractivity contribution in [2.75, 3.05) is 13.1 Å². The molecule has 2 rings (SSSR count). The maximum atomic E-state index is 13.3. The van der Waals surface area contributed by atoms with Gasteiger partial charge in [0, 0.05) is 31.1 Å². The quantitative estimate of drug-likeness (QED) is 0.747. The SMILES string of the molecule is N=CC1CNCC1c1ccc(Cl)c(F)c1. The molecular weight excluding hydrogens is 215 g/mol. The van der Waals surface area contributed by atoms with Gasteiger partial charge >= 0.3 is 0 Å². The van der Waals surface area contributed by atoms with Gasteiger partial charge in [0.25, 0.3) is 0 Å². The normalized spacial score (nSPS) is 25.5. The summed E-state index contributed by atoms with van der Waals surface area (Å²) in [4.78, 5) is 0. The summed E-state index contributed by atoms with van der Waals surface area (Å²) in [6.45, 7) is 1.58. The average molecular weight is 227 g/mol. The van der Waals surface area contributed by atoms with E-state index in [0.29, 0.717) is 0 Å². The van der Waals surface area contributed by atoms with Crippen LogP contribution in [0.25, 0.3) is 0 Å². The molecule has 0 aromatic heterocycles. The highest BCUT2D eigenvalue weighted by Gasteiger charge is 2.27. The van der Waals surface area contributed by atoms with Crippen molar-refractivity contribution in [1.29, 1.82) is 5.41 Å². The summed E-state index contributed by atoms with van der Waals surface area (Å²) in [6.07, 6.45) is 1.43. The van der Waals surface area contributed by atoms with Crippen LogP contribution in [-0.2, 0) is 0 Å². The van der Waals surface area contributed by atoms with E-state index in [1.54, 1.807) is 6.07 Å². The summed E-state index contributed by atoms with van der Waals surface area (Å²) in [5.41, 5.74) is 0.912. The summed E-state index contributed by atoms with van der Waals surface area (Å²) in [5, 5.41) is 10.6. The molecule has 15 heavy (non-hydrogen) atoms. The standard InChI is InChI=1S/C11H12ClFN2/c12-10-2-1-7(3-11(10)13)9-6-15-5-8(9)4-14/h1-4,8-9,14-15H,5-6H2. The van der Waals surface area contributed by atoms with Crippen LogP contribution in [0.5, 0.6) is 0 Å². The van der Waals surface area contributed by atoms with Crippen LogP contribution >= 0.6 is 11.6 Å². The van der Waals surface area contributed by atoms with Crippen molar-refractivity contribution in [2.24, 2.45) is 5.92 Å². The number of rotatable bonds is 2. The summed E-state index contributed by atoms with van der Waals surface area (Å²) >= 11 is 5.62. The molecule has 1 aliphatic heterocycles. The molecule has 4 heteroatoms. The van der Waals surface area contributed by atoms with E-state index in [1.165, 1.54) is 12.3 Å². The van der Waals surface area contributed by atoms with E-state index >= 15 is 0 Å². The molecule has 1 saturated heterocycles. The fourth-order valence-corrected chi connectivity index (χ4v) is 2.10. The van der Waals surface area contributed by atoms with Gasteiger partial charge in [-0.2, -0.15) is 0 Å². The molecule has 0 spiro atoms. The first-order valence-corrected chi connectivity index (χ1v) is 5.26. The lowest BCUT2D eigenvalue weighted by atomic mass is 9.90. The number of nitrogens with one attached hydrogen (secondary N) is 2. The Morgan fingerprint density at radius 1 is 1.47 bits per heavy atom. The third kappa shape index (κ3) is 2.03. The van der Waals surface area contributed by atoms with Gasteiger partial charge in [-0.05, 0) is 17.7 Å². The Labute approximate surface area is 93.0 Å². The second-order valence-electron chi connectivity index (χ2n) is 3.77. The Morgan fingerprint density at radius 3 is 2.93 bits per heavy atom. The molecule has 0 bridgehead atoms. The minimum atomic E-state index is -0.384. The Hall–Kier alpha value is -0.930. The first-order valence-electron chi connectivity index (χ1n) is 4.88. The zero-order chi connectivity index (χ0) is 10.8. The van der Waals surface area contributed by atoms with E-state index in [1.807, 2.05) is 6.07 Å². The van der Waals surface area contributed by atoms with Crippen LogP contribution in [0.1, 0.15) is 11.5 Å². The average Bonchev–Trinajstić information content (AvgIpc) is 2.70. The maximum absolute atomic E-state index is 13.3. The summed E-state index contributed by atoms with van der Waals surface area (Å²) in [7, 11) is 0. The smallest absolute Gasteiger partial charge is 0.142 e. The van der Waals surface area contributed by atoms with Crippen molar-refractivity contribution >= 4 is 17.8 Å². The first-order chi connectivity index (χ1) is 7.22. The van der Waals surface area contributed by atoms with Crippen LogP contribution in [-0.4, -0.2) is 19.3 Å². The summed E-state index contributed by atoms with van der Waals surface area (Å²) in [6, 6.07) is 4.88. The highest BCUT2D eigenvalue weighted by molar-refractivity contribution is 6.30. The van der Waals surface area contributed by atoms with Crippen molar-refractivity contribution < 1.29 is 4.39 Å². The largest absolute Gasteiger partial charge is 0.315 e. The summed E-state index contributed by atoms with van der Waals surface area (Å²) < 4.78 is 13.3. The molecule has 0 aliphatic carbocycles. The van der Waals surface area contributed by atoms with Crippen LogP contribution < -0.4 is 5.32 Å². The van der Waals surface area contributed by atoms with Gasteiger partial charge in [0.05, 0.1) is 5.02 Å². The van der Waals surface area contributed by atoms with Gasteiger partial charge in [0.2, 0.25) is 0 Å². The van der Waals surface area contributed by atoms with E-state index in [2.05, 4.69) is 5.32 Å². The van der Waals surface area contributed by atoms with Crippen LogP contribution in [0.4, 0.5) is 4.39 Å². The molecule has 80 valence electrons. The Bertz CT molecular complexity index is 381. The van der Waals surface area contributed by atoms with Gasteiger partial charge in [-0.1, -0.05) is 17.7 Å². The molecule has 1 heterocycles. The summed E-state index contributed by atoms with van der Waals surface area (Å²) in [5.74, 6) is -0.0374. The van der Waals surface area contributed by atoms with Crippen LogP contribution in [0.3, 0.4) is 0 Å². The molecule has 0 radical (unpaired) electrons. The zero-order valence-corrected chi connectivity index (χ0v) is 8.89. The molecule has 2 N–H and O–H groups in total. The number of hydrogen-bond acceptors (Lipinski definition) is 2. The predicted octanol–water partition coefficient (Wildman–Crippen LogP) is 2.43. The maximum Gasteiger partial charge on any atom is 0.142 e. The molecule has 1 fully saturated rings. The molecule has 0 saturated carbocycles. The second-order valence-corrected chi connectivity index (χ2v) is 4.18. The van der Waals surface area contributed by atoms with E-state index in [4.69, 9.17) is 17.0 Å². The third-order valence-corrected chi connectivity index (χ3v) is 3.15. The van der Waals surface area contributed by atoms with Crippen LogP contribution in [0.15, 0.2) is 18.2 Å².